The van der Waals surface area contributed by atoms with Crippen LogP contribution in [0.4, 0.5) is 5.69 Å². The first-order chi connectivity index (χ1) is 12.7. The predicted molar refractivity (Wildman–Crippen MR) is 128 cm³/mol. The molecule has 7 heteroatoms. The lowest BCUT2D eigenvalue weighted by Crippen LogP contribution is -2.43. The number of guanidine groups is 1. The molecule has 3 rings (SSSR count). The summed E-state index contributed by atoms with van der Waals surface area (Å²) in [4.78, 5) is 7.15. The number of aliphatic imine (C=N–C) groups is 1. The van der Waals surface area contributed by atoms with Crippen LogP contribution in [0.3, 0.4) is 0 Å². The molecule has 0 aromatic heterocycles. The Morgan fingerprint density at radius 1 is 1.22 bits per heavy atom. The maximum absolute atomic E-state index is 5.42. The van der Waals surface area contributed by atoms with E-state index in [0.717, 1.165) is 45.4 Å². The number of morpholine rings is 1. The van der Waals surface area contributed by atoms with Gasteiger partial charge in [0.25, 0.3) is 0 Å². The molecule has 0 bridgehead atoms. The van der Waals surface area contributed by atoms with Gasteiger partial charge < -0.3 is 20.3 Å². The Morgan fingerprint density at radius 3 is 2.59 bits per heavy atom. The SMILES string of the molecule is CCNC(=NCc1ccc(N2CCOCC2)cc1)NCC1(C)CCCS1.I. The number of rotatable bonds is 6. The lowest BCUT2D eigenvalue weighted by atomic mass is 10.1. The maximum Gasteiger partial charge on any atom is 0.191 e. The highest BCUT2D eigenvalue weighted by atomic mass is 127. The third-order valence-electron chi connectivity index (χ3n) is 5.01. The highest BCUT2D eigenvalue weighted by Gasteiger charge is 2.29. The molecule has 0 spiro atoms. The van der Waals surface area contributed by atoms with Gasteiger partial charge in [-0.2, -0.15) is 11.8 Å². The molecular formula is C20H33IN4OS. The van der Waals surface area contributed by atoms with Crippen molar-refractivity contribution in [3.05, 3.63) is 29.8 Å². The Labute approximate surface area is 185 Å². The van der Waals surface area contributed by atoms with Crippen molar-refractivity contribution in [2.75, 3.05) is 50.0 Å². The van der Waals surface area contributed by atoms with E-state index in [1.54, 1.807) is 0 Å². The van der Waals surface area contributed by atoms with Gasteiger partial charge in [-0.05, 0) is 50.1 Å². The largest absolute Gasteiger partial charge is 0.378 e. The average Bonchev–Trinajstić information content (AvgIpc) is 3.12. The molecule has 0 radical (unpaired) electrons. The fraction of sp³-hybridized carbons (Fsp3) is 0.650. The highest BCUT2D eigenvalue weighted by Crippen LogP contribution is 2.36. The van der Waals surface area contributed by atoms with E-state index in [1.807, 2.05) is 0 Å². The van der Waals surface area contributed by atoms with Gasteiger partial charge in [0.1, 0.15) is 0 Å². The van der Waals surface area contributed by atoms with Crippen molar-refractivity contribution in [1.82, 2.24) is 10.6 Å². The maximum atomic E-state index is 5.42. The number of ether oxygens (including phenoxy) is 1. The summed E-state index contributed by atoms with van der Waals surface area (Å²) in [6, 6.07) is 8.78. The van der Waals surface area contributed by atoms with Gasteiger partial charge in [0.15, 0.2) is 5.96 Å². The quantitative estimate of drug-likeness (QED) is 0.353. The molecule has 0 aliphatic carbocycles. The van der Waals surface area contributed by atoms with Crippen molar-refractivity contribution in [1.29, 1.82) is 0 Å². The van der Waals surface area contributed by atoms with Crippen LogP contribution in [0.5, 0.6) is 0 Å². The fourth-order valence-corrected chi connectivity index (χ4v) is 4.64. The number of benzene rings is 1. The van der Waals surface area contributed by atoms with Gasteiger partial charge in [0, 0.05) is 36.6 Å². The number of nitrogens with one attached hydrogen (secondary N) is 2. The van der Waals surface area contributed by atoms with Crippen LogP contribution in [-0.4, -0.2) is 55.9 Å². The summed E-state index contributed by atoms with van der Waals surface area (Å²) in [5.41, 5.74) is 2.51. The zero-order valence-corrected chi connectivity index (χ0v) is 19.6. The second-order valence-electron chi connectivity index (χ2n) is 7.22. The van der Waals surface area contributed by atoms with E-state index in [2.05, 4.69) is 65.4 Å². The first-order valence-electron chi connectivity index (χ1n) is 9.76. The standard InChI is InChI=1S/C20H32N4OS.HI/c1-3-21-19(23-16-20(2)9-4-14-26-20)22-15-17-5-7-18(8-6-17)24-10-12-25-13-11-24;/h5-8H,3-4,9-16H2,1-2H3,(H2,21,22,23);1H. The molecule has 2 heterocycles. The Hall–Kier alpha value is -0.670. The molecule has 1 aromatic rings. The first kappa shape index (κ1) is 22.6. The van der Waals surface area contributed by atoms with Crippen LogP contribution in [0.25, 0.3) is 0 Å². The molecule has 0 saturated carbocycles. The number of hydrogen-bond donors (Lipinski definition) is 2. The van der Waals surface area contributed by atoms with Gasteiger partial charge >= 0.3 is 0 Å². The van der Waals surface area contributed by atoms with Crippen LogP contribution in [0.2, 0.25) is 0 Å². The van der Waals surface area contributed by atoms with Crippen LogP contribution >= 0.6 is 35.7 Å². The summed E-state index contributed by atoms with van der Waals surface area (Å²) < 4.78 is 5.77. The van der Waals surface area contributed by atoms with Gasteiger partial charge in [-0.3, -0.25) is 0 Å². The smallest absolute Gasteiger partial charge is 0.191 e. The van der Waals surface area contributed by atoms with E-state index in [-0.39, 0.29) is 24.0 Å². The van der Waals surface area contributed by atoms with Crippen molar-refractivity contribution in [2.45, 2.75) is 38.0 Å². The molecule has 2 saturated heterocycles. The third-order valence-corrected chi connectivity index (χ3v) is 6.54. The average molecular weight is 504 g/mol. The van der Waals surface area contributed by atoms with Crippen molar-refractivity contribution < 1.29 is 4.74 Å². The van der Waals surface area contributed by atoms with E-state index < -0.39 is 0 Å². The monoisotopic (exact) mass is 504 g/mol. The van der Waals surface area contributed by atoms with Crippen LogP contribution in [0.15, 0.2) is 29.3 Å². The molecule has 2 aliphatic heterocycles. The summed E-state index contributed by atoms with van der Waals surface area (Å²) >= 11 is 2.08. The van der Waals surface area contributed by atoms with E-state index in [1.165, 1.54) is 29.8 Å². The van der Waals surface area contributed by atoms with Gasteiger partial charge in [-0.15, -0.1) is 24.0 Å². The minimum absolute atomic E-state index is 0. The molecule has 2 N–H and O–H groups in total. The fourth-order valence-electron chi connectivity index (χ4n) is 3.39. The van der Waals surface area contributed by atoms with Crippen molar-refractivity contribution in [3.63, 3.8) is 0 Å². The number of halogens is 1. The Morgan fingerprint density at radius 2 is 1.96 bits per heavy atom. The highest BCUT2D eigenvalue weighted by molar-refractivity contribution is 14.0. The summed E-state index contributed by atoms with van der Waals surface area (Å²) in [5.74, 6) is 2.19. The normalized spacial score (nSPS) is 23.0. The lowest BCUT2D eigenvalue weighted by molar-refractivity contribution is 0.122. The molecule has 2 fully saturated rings. The van der Waals surface area contributed by atoms with Gasteiger partial charge in [-0.25, -0.2) is 4.99 Å². The summed E-state index contributed by atoms with van der Waals surface area (Å²) in [6.07, 6.45) is 2.61. The molecule has 5 nitrogen and oxygen atoms in total. The third kappa shape index (κ3) is 7.02. The van der Waals surface area contributed by atoms with Crippen LogP contribution in [0.1, 0.15) is 32.3 Å². The Balaban J connectivity index is 0.00000261. The summed E-state index contributed by atoms with van der Waals surface area (Å²) in [5, 5.41) is 6.90. The minimum Gasteiger partial charge on any atom is -0.378 e. The molecule has 0 amide bonds. The van der Waals surface area contributed by atoms with E-state index in [9.17, 15) is 0 Å². The topological polar surface area (TPSA) is 48.9 Å². The van der Waals surface area contributed by atoms with Crippen molar-refractivity contribution in [3.8, 4) is 0 Å². The van der Waals surface area contributed by atoms with Gasteiger partial charge in [-0.1, -0.05) is 12.1 Å². The molecule has 1 atom stereocenters. The van der Waals surface area contributed by atoms with E-state index in [4.69, 9.17) is 9.73 Å². The molecule has 1 unspecified atom stereocenters. The minimum atomic E-state index is 0. The first-order valence-corrected chi connectivity index (χ1v) is 10.7. The summed E-state index contributed by atoms with van der Waals surface area (Å²) in [6.45, 7) is 10.6. The zero-order valence-electron chi connectivity index (χ0n) is 16.5. The second-order valence-corrected chi connectivity index (χ2v) is 8.90. The van der Waals surface area contributed by atoms with Gasteiger partial charge in [0.05, 0.1) is 19.8 Å². The molecule has 152 valence electrons. The zero-order chi connectivity index (χ0) is 18.2. The number of nitrogens with zero attached hydrogens (tertiary/aromatic N) is 2. The lowest BCUT2D eigenvalue weighted by Gasteiger charge is -2.28. The van der Waals surface area contributed by atoms with Crippen molar-refractivity contribution >= 4 is 47.4 Å². The molecule has 2 aliphatic rings. The van der Waals surface area contributed by atoms with Crippen LogP contribution in [-0.2, 0) is 11.3 Å². The van der Waals surface area contributed by atoms with Crippen LogP contribution < -0.4 is 15.5 Å². The molecule has 1 aromatic carbocycles. The number of thioether (sulfide) groups is 1. The second kappa shape index (κ2) is 11.4. The number of anilines is 1. The number of hydrogen-bond acceptors (Lipinski definition) is 4. The Bertz CT molecular complexity index is 584. The van der Waals surface area contributed by atoms with Gasteiger partial charge in [0.2, 0.25) is 0 Å². The predicted octanol–water partition coefficient (Wildman–Crippen LogP) is 3.48. The Kier molecular flexibility index (Phi) is 9.52. The van der Waals surface area contributed by atoms with E-state index >= 15 is 0 Å². The van der Waals surface area contributed by atoms with Crippen LogP contribution in [0, 0.1) is 0 Å². The summed E-state index contributed by atoms with van der Waals surface area (Å²) in [7, 11) is 0. The molecular weight excluding hydrogens is 471 g/mol. The van der Waals surface area contributed by atoms with Crippen molar-refractivity contribution in [2.24, 2.45) is 4.99 Å². The molecule has 27 heavy (non-hydrogen) atoms. The van der Waals surface area contributed by atoms with E-state index in [0.29, 0.717) is 11.3 Å².